The number of carbonyl (C=O) groups excluding carboxylic acids is 1. The molecule has 0 bridgehead atoms. The SMILES string of the molecule is NC(=O)C1CCN(/C(=N\c2sc(-c3ccccc3)nc2-c2ccccc2)c2ccccc2)CC1. The van der Waals surface area contributed by atoms with Gasteiger partial charge in [0.15, 0.2) is 0 Å². The van der Waals surface area contributed by atoms with Gasteiger partial charge in [0.2, 0.25) is 5.91 Å². The van der Waals surface area contributed by atoms with Crippen molar-refractivity contribution in [1.29, 1.82) is 0 Å². The lowest BCUT2D eigenvalue weighted by atomic mass is 9.95. The summed E-state index contributed by atoms with van der Waals surface area (Å²) < 4.78 is 0. The first-order chi connectivity index (χ1) is 16.7. The van der Waals surface area contributed by atoms with Gasteiger partial charge < -0.3 is 10.6 Å². The molecule has 3 aromatic carbocycles. The van der Waals surface area contributed by atoms with Gasteiger partial charge in [-0.25, -0.2) is 9.98 Å². The fourth-order valence-corrected chi connectivity index (χ4v) is 5.22. The first kappa shape index (κ1) is 22.0. The number of likely N-dealkylation sites (tertiary alicyclic amines) is 1. The summed E-state index contributed by atoms with van der Waals surface area (Å²) in [5.74, 6) is 0.629. The third-order valence-corrected chi connectivity index (χ3v) is 7.11. The number of hydrogen-bond donors (Lipinski definition) is 1. The second kappa shape index (κ2) is 10.0. The highest BCUT2D eigenvalue weighted by atomic mass is 32.1. The number of nitrogens with two attached hydrogens (primary N) is 1. The average molecular weight is 467 g/mol. The van der Waals surface area contributed by atoms with Crippen LogP contribution in [0.25, 0.3) is 21.8 Å². The number of amidine groups is 1. The first-order valence-corrected chi connectivity index (χ1v) is 12.3. The van der Waals surface area contributed by atoms with E-state index in [1.54, 1.807) is 11.3 Å². The maximum Gasteiger partial charge on any atom is 0.220 e. The highest BCUT2D eigenvalue weighted by Gasteiger charge is 2.26. The molecule has 0 unspecified atom stereocenters. The van der Waals surface area contributed by atoms with Gasteiger partial charge in [0.05, 0.1) is 0 Å². The van der Waals surface area contributed by atoms with Gasteiger partial charge >= 0.3 is 0 Å². The number of primary amides is 1. The van der Waals surface area contributed by atoms with Crippen molar-refractivity contribution in [1.82, 2.24) is 9.88 Å². The third-order valence-electron chi connectivity index (χ3n) is 6.11. The van der Waals surface area contributed by atoms with E-state index in [2.05, 4.69) is 41.3 Å². The molecule has 1 saturated heterocycles. The topological polar surface area (TPSA) is 71.6 Å². The number of aromatic nitrogens is 1. The molecule has 170 valence electrons. The Labute approximate surface area is 203 Å². The van der Waals surface area contributed by atoms with Gasteiger partial charge in [0, 0.05) is 35.7 Å². The largest absolute Gasteiger partial charge is 0.369 e. The molecule has 1 aromatic heterocycles. The number of aliphatic imine (C=N–C) groups is 1. The van der Waals surface area contributed by atoms with E-state index in [0.29, 0.717) is 0 Å². The monoisotopic (exact) mass is 466 g/mol. The Morgan fingerprint density at radius 3 is 2.00 bits per heavy atom. The summed E-state index contributed by atoms with van der Waals surface area (Å²) in [6.07, 6.45) is 1.48. The van der Waals surface area contributed by atoms with Gasteiger partial charge in [-0.15, -0.1) is 0 Å². The van der Waals surface area contributed by atoms with Crippen LogP contribution < -0.4 is 5.73 Å². The number of hydrogen-bond acceptors (Lipinski definition) is 4. The minimum absolute atomic E-state index is 0.0683. The zero-order chi connectivity index (χ0) is 23.3. The molecule has 1 fully saturated rings. The zero-order valence-electron chi connectivity index (χ0n) is 18.8. The molecule has 1 aliphatic heterocycles. The van der Waals surface area contributed by atoms with E-state index in [-0.39, 0.29) is 11.8 Å². The van der Waals surface area contributed by atoms with Gasteiger partial charge in [0.25, 0.3) is 0 Å². The molecule has 4 aromatic rings. The Morgan fingerprint density at radius 2 is 1.41 bits per heavy atom. The Hall–Kier alpha value is -3.77. The number of rotatable bonds is 5. The van der Waals surface area contributed by atoms with Crippen LogP contribution in [0.3, 0.4) is 0 Å². The predicted molar refractivity (Wildman–Crippen MR) is 139 cm³/mol. The standard InChI is InChI=1S/C28H26N4OS/c29-25(33)21-16-18-32(19-17-21)26(22-12-6-2-7-13-22)31-28-24(20-10-4-1-5-11-20)30-27(34-28)23-14-8-3-9-15-23/h1-15,21H,16-19H2,(H2,29,33)/b31-26-. The quantitative estimate of drug-likeness (QED) is 0.301. The van der Waals surface area contributed by atoms with Crippen LogP contribution in [0.2, 0.25) is 0 Å². The summed E-state index contributed by atoms with van der Waals surface area (Å²) in [5, 5.41) is 1.82. The number of piperidine rings is 1. The molecule has 6 heteroatoms. The second-order valence-electron chi connectivity index (χ2n) is 8.37. The van der Waals surface area contributed by atoms with Gasteiger partial charge in [0.1, 0.15) is 21.5 Å². The van der Waals surface area contributed by atoms with Crippen molar-refractivity contribution >= 4 is 28.1 Å². The van der Waals surface area contributed by atoms with Crippen molar-refractivity contribution in [3.63, 3.8) is 0 Å². The third kappa shape index (κ3) is 4.77. The number of benzene rings is 3. The fraction of sp³-hybridized carbons (Fsp3) is 0.179. The van der Waals surface area contributed by atoms with Gasteiger partial charge in [-0.1, -0.05) is 102 Å². The number of amides is 1. The van der Waals surface area contributed by atoms with Crippen molar-refractivity contribution < 1.29 is 4.79 Å². The molecule has 5 rings (SSSR count). The summed E-state index contributed by atoms with van der Waals surface area (Å²) in [5.41, 5.74) is 9.62. The lowest BCUT2D eigenvalue weighted by Gasteiger charge is -2.33. The minimum atomic E-state index is -0.209. The van der Waals surface area contributed by atoms with Crippen LogP contribution in [0, 0.1) is 5.92 Å². The van der Waals surface area contributed by atoms with Crippen molar-refractivity contribution in [3.05, 3.63) is 96.6 Å². The zero-order valence-corrected chi connectivity index (χ0v) is 19.6. The summed E-state index contributed by atoms with van der Waals surface area (Å²) in [7, 11) is 0. The molecule has 0 atom stereocenters. The van der Waals surface area contributed by atoms with Crippen molar-refractivity contribution in [3.8, 4) is 21.8 Å². The highest BCUT2D eigenvalue weighted by molar-refractivity contribution is 7.19. The van der Waals surface area contributed by atoms with E-state index in [1.165, 1.54) is 0 Å². The van der Waals surface area contributed by atoms with E-state index in [0.717, 1.165) is 64.2 Å². The van der Waals surface area contributed by atoms with Gasteiger partial charge in [-0.05, 0) is 12.8 Å². The summed E-state index contributed by atoms with van der Waals surface area (Å²) in [6.45, 7) is 1.48. The Morgan fingerprint density at radius 1 is 0.853 bits per heavy atom. The lowest BCUT2D eigenvalue weighted by Crippen LogP contribution is -2.42. The molecule has 1 amide bonds. The van der Waals surface area contributed by atoms with Crippen LogP contribution in [0.1, 0.15) is 18.4 Å². The van der Waals surface area contributed by atoms with E-state index >= 15 is 0 Å². The molecule has 1 aliphatic rings. The van der Waals surface area contributed by atoms with Crippen LogP contribution in [0.15, 0.2) is 96.0 Å². The van der Waals surface area contributed by atoms with Crippen LogP contribution in [-0.4, -0.2) is 34.7 Å². The Balaban J connectivity index is 1.60. The molecule has 5 nitrogen and oxygen atoms in total. The maximum atomic E-state index is 11.7. The number of nitrogens with zero attached hydrogens (tertiary/aromatic N) is 3. The van der Waals surface area contributed by atoms with Gasteiger partial charge in [-0.3, -0.25) is 4.79 Å². The van der Waals surface area contributed by atoms with Crippen molar-refractivity contribution in [2.45, 2.75) is 12.8 Å². The van der Waals surface area contributed by atoms with Gasteiger partial charge in [-0.2, -0.15) is 0 Å². The smallest absolute Gasteiger partial charge is 0.220 e. The van der Waals surface area contributed by atoms with Crippen LogP contribution in [0.5, 0.6) is 0 Å². The average Bonchev–Trinajstić information content (AvgIpc) is 3.33. The number of thiazole rings is 1. The molecule has 2 N–H and O–H groups in total. The summed E-state index contributed by atoms with van der Waals surface area (Å²) in [6, 6.07) is 30.7. The van der Waals surface area contributed by atoms with Crippen LogP contribution >= 0.6 is 11.3 Å². The van der Waals surface area contributed by atoms with E-state index in [1.807, 2.05) is 54.6 Å². The van der Waals surface area contributed by atoms with E-state index in [9.17, 15) is 4.79 Å². The molecule has 2 heterocycles. The highest BCUT2D eigenvalue weighted by Crippen LogP contribution is 2.40. The molecular weight excluding hydrogens is 440 g/mol. The first-order valence-electron chi connectivity index (χ1n) is 11.5. The molecule has 0 aliphatic carbocycles. The van der Waals surface area contributed by atoms with Crippen LogP contribution in [-0.2, 0) is 4.79 Å². The Kier molecular flexibility index (Phi) is 6.49. The van der Waals surface area contributed by atoms with E-state index in [4.69, 9.17) is 15.7 Å². The predicted octanol–water partition coefficient (Wildman–Crippen LogP) is 5.75. The Bertz CT molecular complexity index is 1280. The lowest BCUT2D eigenvalue weighted by molar-refractivity contribution is -0.122. The maximum absolute atomic E-state index is 11.7. The fourth-order valence-electron chi connectivity index (χ4n) is 4.25. The molecule has 0 radical (unpaired) electrons. The molecular formula is C28H26N4OS. The molecule has 34 heavy (non-hydrogen) atoms. The second-order valence-corrected chi connectivity index (χ2v) is 9.35. The van der Waals surface area contributed by atoms with Crippen LogP contribution in [0.4, 0.5) is 5.00 Å². The van der Waals surface area contributed by atoms with Crippen molar-refractivity contribution in [2.75, 3.05) is 13.1 Å². The molecule has 0 spiro atoms. The summed E-state index contributed by atoms with van der Waals surface area (Å²) in [4.78, 5) is 24.2. The normalized spacial score (nSPS) is 14.8. The van der Waals surface area contributed by atoms with E-state index < -0.39 is 0 Å². The number of carbonyl (C=O) groups is 1. The van der Waals surface area contributed by atoms with Crippen molar-refractivity contribution in [2.24, 2.45) is 16.6 Å². The summed E-state index contributed by atoms with van der Waals surface area (Å²) >= 11 is 1.60. The minimum Gasteiger partial charge on any atom is -0.369 e. The molecule has 0 saturated carbocycles.